The molecule has 5 rings (SSSR count). The van der Waals surface area contributed by atoms with Crippen molar-refractivity contribution in [3.8, 4) is 17.2 Å². The standard InChI is InChI=1S/C34H30Cl2N2O6/c1-40-29-14-10-23(16-32(29)41-2)31(17-26-27(35)18-38-19-28(26)36)44-34(39)30-15-13-25(43-30)20-42-24-11-8-22(9-12-24)33(37)21-6-4-3-5-7-21/h3-16,18-19,31,33H,17,20,37H2,1-2H3/p+1/t31-,33+/m0/s1. The lowest BCUT2D eigenvalue weighted by Gasteiger charge is -2.20. The first kappa shape index (κ1) is 30.9. The van der Waals surface area contributed by atoms with Crippen LogP contribution in [-0.2, 0) is 17.8 Å². The van der Waals surface area contributed by atoms with E-state index in [0.717, 1.165) is 11.1 Å². The molecule has 3 N–H and O–H groups in total. The number of esters is 1. The largest absolute Gasteiger partial charge is 0.493 e. The fraction of sp³-hybridized carbons (Fsp3) is 0.176. The number of aromatic amines is 1. The highest BCUT2D eigenvalue weighted by Crippen LogP contribution is 2.35. The molecule has 0 fully saturated rings. The lowest BCUT2D eigenvalue weighted by molar-refractivity contribution is -0.377. The third kappa shape index (κ3) is 7.34. The summed E-state index contributed by atoms with van der Waals surface area (Å²) in [5, 5.41) is 0.818. The first-order valence-electron chi connectivity index (χ1n) is 13.7. The van der Waals surface area contributed by atoms with Crippen LogP contribution in [0.25, 0.3) is 0 Å². The van der Waals surface area contributed by atoms with Gasteiger partial charge in [-0.2, -0.15) is 0 Å². The van der Waals surface area contributed by atoms with Gasteiger partial charge in [-0.1, -0.05) is 71.7 Å². The minimum absolute atomic E-state index is 0.0249. The van der Waals surface area contributed by atoms with E-state index in [1.165, 1.54) is 7.11 Å². The zero-order chi connectivity index (χ0) is 31.1. The first-order valence-corrected chi connectivity index (χ1v) is 14.5. The molecule has 0 spiro atoms. The highest BCUT2D eigenvalue weighted by Gasteiger charge is 2.25. The van der Waals surface area contributed by atoms with Crippen molar-refractivity contribution in [1.29, 1.82) is 0 Å². The summed E-state index contributed by atoms with van der Waals surface area (Å²) in [5.74, 6) is 1.47. The quantitative estimate of drug-likeness (QED) is 0.145. The second kappa shape index (κ2) is 14.3. The Hall–Kier alpha value is -4.50. The van der Waals surface area contributed by atoms with Gasteiger partial charge < -0.3 is 29.1 Å². The van der Waals surface area contributed by atoms with E-state index in [2.05, 4.69) is 4.98 Å². The Kier molecular flexibility index (Phi) is 10.1. The monoisotopic (exact) mass is 633 g/mol. The van der Waals surface area contributed by atoms with Crippen LogP contribution in [0.5, 0.6) is 17.2 Å². The summed E-state index contributed by atoms with van der Waals surface area (Å²) in [6, 6.07) is 25.7. The van der Waals surface area contributed by atoms with Gasteiger partial charge in [0.05, 0.1) is 20.3 Å². The van der Waals surface area contributed by atoms with Crippen LogP contribution < -0.4 is 24.9 Å². The van der Waals surface area contributed by atoms with Gasteiger partial charge in [0.25, 0.3) is 0 Å². The number of H-pyrrole nitrogens is 1. The topological polar surface area (TPSA) is 107 Å². The Bertz CT molecular complexity index is 1690. The van der Waals surface area contributed by atoms with Crippen molar-refractivity contribution in [2.45, 2.75) is 25.2 Å². The summed E-state index contributed by atoms with van der Waals surface area (Å²) in [5.41, 5.74) is 9.65. The van der Waals surface area contributed by atoms with Gasteiger partial charge in [-0.25, -0.2) is 9.78 Å². The minimum Gasteiger partial charge on any atom is -0.493 e. The molecule has 0 saturated carbocycles. The normalized spacial score (nSPS) is 12.3. The summed E-state index contributed by atoms with van der Waals surface area (Å²) in [6.07, 6.45) is 2.65. The maximum atomic E-state index is 13.3. The van der Waals surface area contributed by atoms with Gasteiger partial charge in [0.1, 0.15) is 34.3 Å². The van der Waals surface area contributed by atoms with Crippen LogP contribution in [0.15, 0.2) is 102 Å². The van der Waals surface area contributed by atoms with Gasteiger partial charge in [0, 0.05) is 12.0 Å². The van der Waals surface area contributed by atoms with Crippen molar-refractivity contribution >= 4 is 29.2 Å². The van der Waals surface area contributed by atoms with Crippen LogP contribution in [0, 0.1) is 0 Å². The molecule has 0 radical (unpaired) electrons. The van der Waals surface area contributed by atoms with E-state index >= 15 is 0 Å². The second-order valence-electron chi connectivity index (χ2n) is 9.85. The SMILES string of the molecule is COc1ccc([C@H](Cc2c(Cl)c[nH+]cc2Cl)OC(=O)c2ccc(COc3ccc([C@H](N)c4ccccc4)cc3)o2)cc1OC. The molecule has 2 atom stereocenters. The molecule has 0 saturated heterocycles. The van der Waals surface area contributed by atoms with E-state index in [1.54, 1.807) is 49.8 Å². The summed E-state index contributed by atoms with van der Waals surface area (Å²) >= 11 is 12.8. The smallest absolute Gasteiger partial charge is 0.374 e. The summed E-state index contributed by atoms with van der Waals surface area (Å²) in [6.45, 7) is 0.113. The van der Waals surface area contributed by atoms with Gasteiger partial charge in [0.15, 0.2) is 23.9 Å². The number of ether oxygens (including phenoxy) is 4. The highest BCUT2D eigenvalue weighted by atomic mass is 35.5. The third-order valence-corrected chi connectivity index (χ3v) is 7.73. The van der Waals surface area contributed by atoms with Crippen molar-refractivity contribution in [1.82, 2.24) is 0 Å². The van der Waals surface area contributed by atoms with Gasteiger partial charge in [-0.3, -0.25) is 0 Å². The number of carbonyl (C=O) groups is 1. The third-order valence-electron chi connectivity index (χ3n) is 7.06. The minimum atomic E-state index is -0.773. The van der Waals surface area contributed by atoms with E-state index < -0.39 is 12.1 Å². The summed E-state index contributed by atoms with van der Waals surface area (Å²) in [7, 11) is 3.08. The van der Waals surface area contributed by atoms with E-state index in [0.29, 0.717) is 44.2 Å². The van der Waals surface area contributed by atoms with Crippen molar-refractivity contribution in [3.05, 3.63) is 141 Å². The average Bonchev–Trinajstić information content (AvgIpc) is 3.54. The van der Waals surface area contributed by atoms with E-state index in [1.807, 2.05) is 54.6 Å². The number of nitrogens with two attached hydrogens (primary N) is 1. The first-order chi connectivity index (χ1) is 21.4. The zero-order valence-electron chi connectivity index (χ0n) is 24.1. The molecule has 3 aromatic carbocycles. The Morgan fingerprint density at radius 3 is 2.18 bits per heavy atom. The highest BCUT2D eigenvalue weighted by molar-refractivity contribution is 6.35. The van der Waals surface area contributed by atoms with E-state index in [4.69, 9.17) is 52.3 Å². The lowest BCUT2D eigenvalue weighted by Crippen LogP contribution is -2.15. The molecule has 0 unspecified atom stereocenters. The molecule has 44 heavy (non-hydrogen) atoms. The molecule has 5 aromatic rings. The summed E-state index contributed by atoms with van der Waals surface area (Å²) < 4.78 is 28.4. The predicted octanol–water partition coefficient (Wildman–Crippen LogP) is 7.19. The number of hydrogen-bond donors (Lipinski definition) is 1. The molecule has 2 heterocycles. The Labute approximate surface area is 265 Å². The molecule has 8 nitrogen and oxygen atoms in total. The maximum absolute atomic E-state index is 13.3. The molecular weight excluding hydrogens is 603 g/mol. The Morgan fingerprint density at radius 1 is 0.841 bits per heavy atom. The number of rotatable bonds is 12. The number of aromatic nitrogens is 1. The predicted molar refractivity (Wildman–Crippen MR) is 166 cm³/mol. The molecule has 0 aliphatic heterocycles. The van der Waals surface area contributed by atoms with Gasteiger partial charge in [0.2, 0.25) is 5.76 Å². The number of nitrogens with one attached hydrogen (secondary N) is 1. The molecule has 2 aromatic heterocycles. The lowest BCUT2D eigenvalue weighted by atomic mass is 10.00. The second-order valence-corrected chi connectivity index (χ2v) is 10.7. The van der Waals surface area contributed by atoms with Crippen molar-refractivity contribution < 1.29 is 33.1 Å². The van der Waals surface area contributed by atoms with E-state index in [9.17, 15) is 4.79 Å². The van der Waals surface area contributed by atoms with Crippen LogP contribution in [0.1, 0.15) is 50.7 Å². The van der Waals surface area contributed by atoms with Crippen molar-refractivity contribution in [2.75, 3.05) is 14.2 Å². The number of hydrogen-bond acceptors (Lipinski definition) is 7. The van der Waals surface area contributed by atoms with Gasteiger partial charge in [-0.05, 0) is 53.1 Å². The van der Waals surface area contributed by atoms with Crippen molar-refractivity contribution in [3.63, 3.8) is 0 Å². The molecule has 226 valence electrons. The molecule has 0 aliphatic rings. The summed E-state index contributed by atoms with van der Waals surface area (Å²) in [4.78, 5) is 16.2. The maximum Gasteiger partial charge on any atom is 0.374 e. The Morgan fingerprint density at radius 2 is 1.50 bits per heavy atom. The molecule has 0 bridgehead atoms. The molecular formula is C34H31Cl2N2O6+. The van der Waals surface area contributed by atoms with Crippen LogP contribution in [-0.4, -0.2) is 20.2 Å². The van der Waals surface area contributed by atoms with Gasteiger partial charge >= 0.3 is 5.97 Å². The number of benzene rings is 3. The van der Waals surface area contributed by atoms with Crippen molar-refractivity contribution in [2.24, 2.45) is 5.73 Å². The number of methoxy groups -OCH3 is 2. The van der Waals surface area contributed by atoms with Crippen LogP contribution in [0.3, 0.4) is 0 Å². The van der Waals surface area contributed by atoms with E-state index in [-0.39, 0.29) is 24.8 Å². The van der Waals surface area contributed by atoms with Crippen LogP contribution in [0.4, 0.5) is 0 Å². The number of carbonyl (C=O) groups excluding carboxylic acids is 1. The zero-order valence-corrected chi connectivity index (χ0v) is 25.6. The molecule has 10 heteroatoms. The fourth-order valence-corrected chi connectivity index (χ4v) is 5.20. The number of halogens is 2. The fourth-order valence-electron chi connectivity index (χ4n) is 4.67. The average molecular weight is 635 g/mol. The Balaban J connectivity index is 1.27. The number of pyridine rings is 1. The number of furan rings is 1. The molecule has 0 aliphatic carbocycles. The van der Waals surface area contributed by atoms with Crippen LogP contribution >= 0.6 is 23.2 Å². The van der Waals surface area contributed by atoms with Gasteiger partial charge in [-0.15, -0.1) is 0 Å². The van der Waals surface area contributed by atoms with Crippen LogP contribution in [0.2, 0.25) is 10.0 Å². The molecule has 0 amide bonds.